The van der Waals surface area contributed by atoms with E-state index in [1.54, 1.807) is 22.8 Å². The molecule has 1 aliphatic heterocycles. The number of fused-ring (bicyclic) bond motifs is 5. The van der Waals surface area contributed by atoms with Crippen LogP contribution >= 0.6 is 0 Å². The predicted molar refractivity (Wildman–Crippen MR) is 86.7 cm³/mol. The molecule has 3 aromatic rings. The van der Waals surface area contributed by atoms with E-state index in [9.17, 15) is 14.7 Å². The number of nitrogens with one attached hydrogen (secondary N) is 1. The molecule has 23 heavy (non-hydrogen) atoms. The van der Waals surface area contributed by atoms with Crippen LogP contribution in [-0.4, -0.2) is 28.1 Å². The molecule has 0 fully saturated rings. The lowest BCUT2D eigenvalue weighted by Crippen LogP contribution is -2.29. The predicted octanol–water partition coefficient (Wildman–Crippen LogP) is 2.75. The molecule has 0 radical (unpaired) electrons. The Morgan fingerprint density at radius 3 is 2.74 bits per heavy atom. The summed E-state index contributed by atoms with van der Waals surface area (Å²) in [6.07, 6.45) is 0. The quantitative estimate of drug-likeness (QED) is 0.725. The van der Waals surface area contributed by atoms with Crippen molar-refractivity contribution in [3.63, 3.8) is 0 Å². The minimum atomic E-state index is -1.00. The number of carbonyl (C=O) groups excluding carboxylic acids is 1. The van der Waals surface area contributed by atoms with Crippen molar-refractivity contribution < 1.29 is 14.7 Å². The Bertz CT molecular complexity index is 956. The van der Waals surface area contributed by atoms with Crippen molar-refractivity contribution in [1.82, 2.24) is 9.88 Å². The molecule has 0 amide bonds. The van der Waals surface area contributed by atoms with E-state index in [-0.39, 0.29) is 18.0 Å². The lowest BCUT2D eigenvalue weighted by Gasteiger charge is -2.17. The van der Waals surface area contributed by atoms with Gasteiger partial charge >= 0.3 is 5.97 Å². The zero-order valence-corrected chi connectivity index (χ0v) is 12.2. The van der Waals surface area contributed by atoms with Crippen molar-refractivity contribution >= 4 is 22.8 Å². The number of aromatic carboxylic acids is 1. The van der Waals surface area contributed by atoms with Gasteiger partial charge in [0.2, 0.25) is 5.91 Å². The van der Waals surface area contributed by atoms with Gasteiger partial charge in [-0.2, -0.15) is 0 Å². The van der Waals surface area contributed by atoms with Crippen LogP contribution in [0.5, 0.6) is 0 Å². The molecule has 2 N–H and O–H groups in total. The lowest BCUT2D eigenvalue weighted by molar-refractivity contribution is 0.0696. The minimum absolute atomic E-state index is 0.0907. The standard InChI is InChI=1S/C18H14N2O3/c21-17-10-19-9-13-3-1-2-4-14(13)16-7-11-5-6-12(18(22)23)8-15(11)20(16)17/h1-8,19H,9-10H2,(H,22,23). The fraction of sp³-hybridized carbons (Fsp3) is 0.111. The van der Waals surface area contributed by atoms with Gasteiger partial charge in [-0.15, -0.1) is 0 Å². The topological polar surface area (TPSA) is 71.3 Å². The summed E-state index contributed by atoms with van der Waals surface area (Å²) in [6, 6.07) is 14.7. The van der Waals surface area contributed by atoms with Gasteiger partial charge in [-0.05, 0) is 23.8 Å². The average molecular weight is 306 g/mol. The molecule has 0 saturated heterocycles. The molecule has 114 valence electrons. The molecular formula is C18H14N2O3. The third-order valence-electron chi connectivity index (χ3n) is 4.19. The van der Waals surface area contributed by atoms with Gasteiger partial charge in [0, 0.05) is 17.5 Å². The second kappa shape index (κ2) is 5.07. The monoisotopic (exact) mass is 306 g/mol. The maximum Gasteiger partial charge on any atom is 0.335 e. The summed E-state index contributed by atoms with van der Waals surface area (Å²) >= 11 is 0. The number of carbonyl (C=O) groups is 2. The number of rotatable bonds is 1. The molecule has 0 saturated carbocycles. The molecule has 1 aliphatic rings. The smallest absolute Gasteiger partial charge is 0.335 e. The van der Waals surface area contributed by atoms with Gasteiger partial charge in [0.25, 0.3) is 0 Å². The molecule has 0 aliphatic carbocycles. The first kappa shape index (κ1) is 13.7. The normalized spacial score (nSPS) is 14.0. The second-order valence-electron chi connectivity index (χ2n) is 5.60. The highest BCUT2D eigenvalue weighted by Gasteiger charge is 2.21. The Labute approximate surface area is 132 Å². The zero-order valence-electron chi connectivity index (χ0n) is 12.2. The molecule has 0 bridgehead atoms. The molecule has 0 atom stereocenters. The number of hydrogen-bond donors (Lipinski definition) is 2. The summed E-state index contributed by atoms with van der Waals surface area (Å²) in [5.41, 5.74) is 3.71. The van der Waals surface area contributed by atoms with Crippen molar-refractivity contribution in [1.29, 1.82) is 0 Å². The van der Waals surface area contributed by atoms with Crippen LogP contribution in [0.25, 0.3) is 22.2 Å². The van der Waals surface area contributed by atoms with Crippen LogP contribution in [0.4, 0.5) is 0 Å². The summed E-state index contributed by atoms with van der Waals surface area (Å²) in [7, 11) is 0. The van der Waals surface area contributed by atoms with Gasteiger partial charge in [0.1, 0.15) is 0 Å². The molecule has 2 aromatic carbocycles. The SMILES string of the molecule is O=C(O)c1ccc2cc3n(c2c1)C(=O)CNCc1ccccc1-3. The molecule has 2 heterocycles. The Morgan fingerprint density at radius 1 is 1.09 bits per heavy atom. The molecule has 1 aromatic heterocycles. The molecule has 5 nitrogen and oxygen atoms in total. The summed E-state index contributed by atoms with van der Waals surface area (Å²) in [6.45, 7) is 0.840. The van der Waals surface area contributed by atoms with E-state index in [0.29, 0.717) is 12.1 Å². The highest BCUT2D eigenvalue weighted by atomic mass is 16.4. The van der Waals surface area contributed by atoms with Crippen molar-refractivity contribution in [2.24, 2.45) is 0 Å². The van der Waals surface area contributed by atoms with Gasteiger partial charge in [-0.25, -0.2) is 4.79 Å². The molecule has 0 unspecified atom stereocenters. The highest BCUT2D eigenvalue weighted by Crippen LogP contribution is 2.32. The second-order valence-corrected chi connectivity index (χ2v) is 5.60. The molecular weight excluding hydrogens is 292 g/mol. The third-order valence-corrected chi connectivity index (χ3v) is 4.19. The largest absolute Gasteiger partial charge is 0.478 e. The lowest BCUT2D eigenvalue weighted by atomic mass is 10.0. The van der Waals surface area contributed by atoms with E-state index in [2.05, 4.69) is 5.32 Å². The van der Waals surface area contributed by atoms with Crippen molar-refractivity contribution in [2.45, 2.75) is 6.54 Å². The Kier molecular flexibility index (Phi) is 3.02. The van der Waals surface area contributed by atoms with Gasteiger partial charge in [-0.3, -0.25) is 9.36 Å². The average Bonchev–Trinajstić information content (AvgIpc) is 2.91. The van der Waals surface area contributed by atoms with Crippen LogP contribution in [0.1, 0.15) is 20.7 Å². The van der Waals surface area contributed by atoms with Crippen LogP contribution in [0.2, 0.25) is 0 Å². The fourth-order valence-corrected chi connectivity index (χ4v) is 3.11. The number of carboxylic acids is 1. The maximum absolute atomic E-state index is 12.6. The number of aromatic nitrogens is 1. The van der Waals surface area contributed by atoms with Crippen LogP contribution in [0.15, 0.2) is 48.5 Å². The summed E-state index contributed by atoms with van der Waals surface area (Å²) in [4.78, 5) is 23.8. The number of hydrogen-bond acceptors (Lipinski definition) is 3. The van der Waals surface area contributed by atoms with E-state index in [1.807, 2.05) is 30.3 Å². The minimum Gasteiger partial charge on any atom is -0.478 e. The first-order valence-corrected chi connectivity index (χ1v) is 7.36. The van der Waals surface area contributed by atoms with Crippen LogP contribution in [0, 0.1) is 0 Å². The zero-order chi connectivity index (χ0) is 16.0. The van der Waals surface area contributed by atoms with E-state index < -0.39 is 5.97 Å². The Balaban J connectivity index is 2.07. The van der Waals surface area contributed by atoms with Gasteiger partial charge in [0.05, 0.1) is 23.3 Å². The van der Waals surface area contributed by atoms with Crippen LogP contribution < -0.4 is 5.32 Å². The van der Waals surface area contributed by atoms with Gasteiger partial charge in [0.15, 0.2) is 0 Å². The number of nitrogens with zero attached hydrogens (tertiary/aromatic N) is 1. The third kappa shape index (κ3) is 2.13. The van der Waals surface area contributed by atoms with Crippen molar-refractivity contribution in [3.05, 3.63) is 59.7 Å². The van der Waals surface area contributed by atoms with E-state index in [0.717, 1.165) is 22.2 Å². The summed E-state index contributed by atoms with van der Waals surface area (Å²) < 4.78 is 1.62. The summed E-state index contributed by atoms with van der Waals surface area (Å²) in [5, 5.41) is 13.2. The van der Waals surface area contributed by atoms with Crippen LogP contribution in [0.3, 0.4) is 0 Å². The maximum atomic E-state index is 12.6. The first-order chi connectivity index (χ1) is 11.1. The highest BCUT2D eigenvalue weighted by molar-refractivity contribution is 6.02. The Hall–Kier alpha value is -2.92. The van der Waals surface area contributed by atoms with E-state index >= 15 is 0 Å². The van der Waals surface area contributed by atoms with E-state index in [4.69, 9.17) is 0 Å². The van der Waals surface area contributed by atoms with Gasteiger partial charge in [-0.1, -0.05) is 30.3 Å². The fourth-order valence-electron chi connectivity index (χ4n) is 3.11. The van der Waals surface area contributed by atoms with Crippen LogP contribution in [-0.2, 0) is 6.54 Å². The summed E-state index contributed by atoms with van der Waals surface area (Å²) in [5.74, 6) is -1.09. The van der Waals surface area contributed by atoms with Crippen molar-refractivity contribution in [3.8, 4) is 11.3 Å². The van der Waals surface area contributed by atoms with Crippen molar-refractivity contribution in [2.75, 3.05) is 6.54 Å². The van der Waals surface area contributed by atoms with E-state index in [1.165, 1.54) is 0 Å². The molecule has 5 heteroatoms. The number of carboxylic acid groups (broad SMARTS) is 1. The number of benzene rings is 2. The molecule has 0 spiro atoms. The first-order valence-electron chi connectivity index (χ1n) is 7.36. The van der Waals surface area contributed by atoms with Gasteiger partial charge < -0.3 is 10.4 Å². The molecule has 4 rings (SSSR count). The Morgan fingerprint density at radius 2 is 1.91 bits per heavy atom.